The van der Waals surface area contributed by atoms with E-state index in [4.69, 9.17) is 9.47 Å². The fraction of sp³-hybridized carbons (Fsp3) is 0.917. The van der Waals surface area contributed by atoms with Crippen LogP contribution < -0.4 is 0 Å². The Morgan fingerprint density at radius 1 is 1.59 bits per heavy atom. The molecule has 5 heteroatoms. The van der Waals surface area contributed by atoms with E-state index in [0.717, 1.165) is 0 Å². The van der Waals surface area contributed by atoms with Crippen LogP contribution in [0.3, 0.4) is 0 Å². The Kier molecular flexibility index (Phi) is 4.77. The predicted octanol–water partition coefficient (Wildman–Crippen LogP) is 1.39. The highest BCUT2D eigenvalue weighted by Crippen LogP contribution is 2.15. The summed E-state index contributed by atoms with van der Waals surface area (Å²) in [5.41, 5.74) is -0.477. The molecule has 0 radical (unpaired) electrons. The topological polar surface area (TPSA) is 59.0 Å². The first-order valence-electron chi connectivity index (χ1n) is 6.05. The van der Waals surface area contributed by atoms with Gasteiger partial charge >= 0.3 is 6.09 Å². The Morgan fingerprint density at radius 2 is 2.24 bits per heavy atom. The minimum atomic E-state index is -0.477. The van der Waals surface area contributed by atoms with Gasteiger partial charge in [-0.3, -0.25) is 0 Å². The third-order valence-electron chi connectivity index (χ3n) is 2.39. The van der Waals surface area contributed by atoms with E-state index in [-0.39, 0.29) is 12.2 Å². The highest BCUT2D eigenvalue weighted by atomic mass is 16.6. The van der Waals surface area contributed by atoms with Gasteiger partial charge in [0.15, 0.2) is 0 Å². The Hall–Kier alpha value is -0.810. The molecule has 0 saturated carbocycles. The van der Waals surface area contributed by atoms with Crippen LogP contribution >= 0.6 is 0 Å². The van der Waals surface area contributed by atoms with Crippen molar-refractivity contribution < 1.29 is 19.4 Å². The maximum atomic E-state index is 11.8. The molecule has 1 N–H and O–H groups in total. The molecule has 1 fully saturated rings. The second kappa shape index (κ2) is 5.69. The molecule has 0 aliphatic carbocycles. The molecular weight excluding hydrogens is 222 g/mol. The molecule has 1 aliphatic rings. The maximum Gasteiger partial charge on any atom is 0.410 e. The first-order chi connectivity index (χ1) is 7.78. The van der Waals surface area contributed by atoms with Crippen LogP contribution in [-0.2, 0) is 9.47 Å². The normalized spacial score (nSPS) is 23.4. The molecular formula is C12H23NO4. The predicted molar refractivity (Wildman–Crippen MR) is 63.8 cm³/mol. The zero-order chi connectivity index (χ0) is 13.1. The van der Waals surface area contributed by atoms with Crippen LogP contribution in [0.25, 0.3) is 0 Å². The summed E-state index contributed by atoms with van der Waals surface area (Å²) in [5.74, 6) is 0. The minimum absolute atomic E-state index is 0.101. The Bertz CT molecular complexity index is 260. The van der Waals surface area contributed by atoms with Crippen LogP contribution in [0.4, 0.5) is 4.79 Å². The molecule has 0 aromatic rings. The highest BCUT2D eigenvalue weighted by Gasteiger charge is 2.28. The molecule has 0 aromatic carbocycles. The van der Waals surface area contributed by atoms with E-state index in [9.17, 15) is 9.90 Å². The van der Waals surface area contributed by atoms with Crippen molar-refractivity contribution in [3.05, 3.63) is 0 Å². The lowest BCUT2D eigenvalue weighted by molar-refractivity contribution is -0.0555. The van der Waals surface area contributed by atoms with Gasteiger partial charge in [0.25, 0.3) is 0 Å². The van der Waals surface area contributed by atoms with Gasteiger partial charge in [0, 0.05) is 13.0 Å². The largest absolute Gasteiger partial charge is 0.444 e. The quantitative estimate of drug-likeness (QED) is 0.798. The summed E-state index contributed by atoms with van der Waals surface area (Å²) in [4.78, 5) is 13.5. The molecule has 5 nitrogen and oxygen atoms in total. The van der Waals surface area contributed by atoms with E-state index in [1.165, 1.54) is 0 Å². The van der Waals surface area contributed by atoms with Crippen molar-refractivity contribution in [3.8, 4) is 0 Å². The summed E-state index contributed by atoms with van der Waals surface area (Å²) < 4.78 is 10.8. The number of morpholine rings is 1. The lowest BCUT2D eigenvalue weighted by Crippen LogP contribution is -2.48. The number of hydrogen-bond donors (Lipinski definition) is 1. The molecule has 2 atom stereocenters. The first-order valence-corrected chi connectivity index (χ1v) is 6.05. The monoisotopic (exact) mass is 245 g/mol. The number of aliphatic hydroxyl groups is 1. The van der Waals surface area contributed by atoms with Gasteiger partial charge in [-0.2, -0.15) is 0 Å². The summed E-state index contributed by atoms with van der Waals surface area (Å²) in [6.07, 6.45) is -0.287. The van der Waals surface area contributed by atoms with Gasteiger partial charge in [-0.25, -0.2) is 4.79 Å². The second-order valence-corrected chi connectivity index (χ2v) is 5.50. The molecule has 0 aromatic heterocycles. The number of hydrogen-bond acceptors (Lipinski definition) is 4. The van der Waals surface area contributed by atoms with Crippen LogP contribution in [-0.4, -0.2) is 53.6 Å². The van der Waals surface area contributed by atoms with Gasteiger partial charge in [-0.05, 0) is 27.7 Å². The molecule has 1 aliphatic heterocycles. The average Bonchev–Trinajstić information content (AvgIpc) is 2.14. The summed E-state index contributed by atoms with van der Waals surface area (Å²) in [7, 11) is 0. The van der Waals surface area contributed by atoms with E-state index in [1.54, 1.807) is 11.8 Å². The van der Waals surface area contributed by atoms with Crippen LogP contribution in [0.15, 0.2) is 0 Å². The standard InChI is InChI=1S/C12H23NO4/c1-9(14)7-10-8-13(5-6-16-10)11(15)17-12(2,3)4/h9-10,14H,5-8H2,1-4H3/t9-,10?/m0/s1. The zero-order valence-corrected chi connectivity index (χ0v) is 11.1. The summed E-state index contributed by atoms with van der Waals surface area (Å²) in [6.45, 7) is 8.79. The number of nitrogens with zero attached hydrogens (tertiary/aromatic N) is 1. The van der Waals surface area contributed by atoms with E-state index >= 15 is 0 Å². The van der Waals surface area contributed by atoms with Crippen molar-refractivity contribution in [2.24, 2.45) is 0 Å². The van der Waals surface area contributed by atoms with Gasteiger partial charge in [0.05, 0.1) is 25.4 Å². The number of aliphatic hydroxyl groups excluding tert-OH is 1. The summed E-state index contributed by atoms with van der Waals surface area (Å²) in [6, 6.07) is 0. The molecule has 1 amide bonds. The number of ether oxygens (including phenoxy) is 2. The average molecular weight is 245 g/mol. The van der Waals surface area contributed by atoms with Gasteiger partial charge < -0.3 is 19.5 Å². The Labute approximate surface area is 103 Å². The van der Waals surface area contributed by atoms with Gasteiger partial charge in [0.2, 0.25) is 0 Å². The van der Waals surface area contributed by atoms with Crippen LogP contribution in [0.2, 0.25) is 0 Å². The van der Waals surface area contributed by atoms with Gasteiger partial charge in [0.1, 0.15) is 5.60 Å². The number of rotatable bonds is 2. The molecule has 100 valence electrons. The fourth-order valence-corrected chi connectivity index (χ4v) is 1.73. The van der Waals surface area contributed by atoms with Crippen LogP contribution in [0.1, 0.15) is 34.1 Å². The van der Waals surface area contributed by atoms with E-state index < -0.39 is 11.7 Å². The first kappa shape index (κ1) is 14.3. The smallest absolute Gasteiger partial charge is 0.410 e. The van der Waals surface area contributed by atoms with Crippen molar-refractivity contribution >= 4 is 6.09 Å². The molecule has 0 bridgehead atoms. The molecule has 0 spiro atoms. The lowest BCUT2D eigenvalue weighted by atomic mass is 10.1. The third kappa shape index (κ3) is 5.37. The molecule has 1 unspecified atom stereocenters. The molecule has 1 heterocycles. The molecule has 17 heavy (non-hydrogen) atoms. The van der Waals surface area contributed by atoms with Gasteiger partial charge in [-0.1, -0.05) is 0 Å². The van der Waals surface area contributed by atoms with Gasteiger partial charge in [-0.15, -0.1) is 0 Å². The zero-order valence-electron chi connectivity index (χ0n) is 11.1. The number of carbonyl (C=O) groups excluding carboxylic acids is 1. The number of amides is 1. The SMILES string of the molecule is C[C@H](O)CC1CN(C(=O)OC(C)(C)C)CCO1. The van der Waals surface area contributed by atoms with Crippen LogP contribution in [0.5, 0.6) is 0 Å². The second-order valence-electron chi connectivity index (χ2n) is 5.50. The van der Waals surface area contributed by atoms with Crippen molar-refractivity contribution in [1.29, 1.82) is 0 Å². The van der Waals surface area contributed by atoms with E-state index in [2.05, 4.69) is 0 Å². The molecule has 1 rings (SSSR count). The van der Waals surface area contributed by atoms with Crippen molar-refractivity contribution in [3.63, 3.8) is 0 Å². The lowest BCUT2D eigenvalue weighted by Gasteiger charge is -2.34. The van der Waals surface area contributed by atoms with Crippen LogP contribution in [0, 0.1) is 0 Å². The van der Waals surface area contributed by atoms with Crippen molar-refractivity contribution in [2.45, 2.75) is 51.9 Å². The van der Waals surface area contributed by atoms with E-state index in [0.29, 0.717) is 26.1 Å². The fourth-order valence-electron chi connectivity index (χ4n) is 1.73. The molecule has 1 saturated heterocycles. The minimum Gasteiger partial charge on any atom is -0.444 e. The maximum absolute atomic E-state index is 11.8. The number of carbonyl (C=O) groups is 1. The van der Waals surface area contributed by atoms with Crippen molar-refractivity contribution in [2.75, 3.05) is 19.7 Å². The Balaban J connectivity index is 2.46. The highest BCUT2D eigenvalue weighted by molar-refractivity contribution is 5.68. The summed E-state index contributed by atoms with van der Waals surface area (Å²) >= 11 is 0. The van der Waals surface area contributed by atoms with E-state index in [1.807, 2.05) is 20.8 Å². The summed E-state index contributed by atoms with van der Waals surface area (Å²) in [5, 5.41) is 9.30. The third-order valence-corrected chi connectivity index (χ3v) is 2.39. The van der Waals surface area contributed by atoms with Crippen molar-refractivity contribution in [1.82, 2.24) is 4.90 Å². The Morgan fingerprint density at radius 3 is 2.76 bits per heavy atom.